The van der Waals surface area contributed by atoms with E-state index < -0.39 is 0 Å². The first-order valence-electron chi connectivity index (χ1n) is 5.77. The Morgan fingerprint density at radius 2 is 2.00 bits per heavy atom. The number of aliphatic hydroxyl groups excluding tert-OH is 1. The Hall–Kier alpha value is 0.270. The first kappa shape index (κ1) is 10.8. The van der Waals surface area contributed by atoms with E-state index in [-0.39, 0.29) is 6.10 Å². The lowest BCUT2D eigenvalue weighted by atomic mass is 9.97. The van der Waals surface area contributed by atoms with E-state index in [2.05, 4.69) is 0 Å². The molecule has 2 rings (SSSR count). The van der Waals surface area contributed by atoms with E-state index in [0.29, 0.717) is 11.4 Å². The van der Waals surface area contributed by atoms with Gasteiger partial charge in [-0.25, -0.2) is 0 Å². The van der Waals surface area contributed by atoms with E-state index in [9.17, 15) is 5.11 Å². The number of hydrogen-bond acceptors (Lipinski definition) is 3. The van der Waals surface area contributed by atoms with Crippen LogP contribution in [0.2, 0.25) is 0 Å². The molecule has 14 heavy (non-hydrogen) atoms. The fraction of sp³-hybridized carbons (Fsp3) is 1.00. The van der Waals surface area contributed by atoms with E-state index in [4.69, 9.17) is 4.74 Å². The van der Waals surface area contributed by atoms with Crippen molar-refractivity contribution < 1.29 is 9.84 Å². The highest BCUT2D eigenvalue weighted by Gasteiger charge is 2.25. The molecule has 0 aromatic carbocycles. The Kier molecular flexibility index (Phi) is 4.14. The van der Waals surface area contributed by atoms with E-state index in [1.54, 1.807) is 0 Å². The molecule has 1 aliphatic carbocycles. The summed E-state index contributed by atoms with van der Waals surface area (Å²) in [6.07, 6.45) is 7.54. The zero-order valence-corrected chi connectivity index (χ0v) is 9.47. The number of aliphatic hydroxyl groups is 1. The first-order valence-corrected chi connectivity index (χ1v) is 6.82. The smallest absolute Gasteiger partial charge is 0.0666 e. The van der Waals surface area contributed by atoms with Crippen LogP contribution in [-0.2, 0) is 4.74 Å². The van der Waals surface area contributed by atoms with Gasteiger partial charge in [0.15, 0.2) is 0 Å². The summed E-state index contributed by atoms with van der Waals surface area (Å²) >= 11 is 1.93. The Balaban J connectivity index is 1.67. The summed E-state index contributed by atoms with van der Waals surface area (Å²) in [6, 6.07) is 0. The van der Waals surface area contributed by atoms with Gasteiger partial charge in [0.25, 0.3) is 0 Å². The molecule has 1 saturated carbocycles. The molecule has 0 bridgehead atoms. The van der Waals surface area contributed by atoms with Crippen molar-refractivity contribution in [2.24, 2.45) is 0 Å². The van der Waals surface area contributed by atoms with Crippen LogP contribution in [0.5, 0.6) is 0 Å². The maximum atomic E-state index is 9.78. The highest BCUT2D eigenvalue weighted by atomic mass is 32.2. The number of hydrogen-bond donors (Lipinski definition) is 1. The average molecular weight is 216 g/mol. The van der Waals surface area contributed by atoms with Crippen LogP contribution in [0.1, 0.15) is 38.5 Å². The van der Waals surface area contributed by atoms with Crippen molar-refractivity contribution in [1.29, 1.82) is 0 Å². The summed E-state index contributed by atoms with van der Waals surface area (Å²) in [5.41, 5.74) is 0. The quantitative estimate of drug-likeness (QED) is 0.784. The molecule has 1 N–H and O–H groups in total. The van der Waals surface area contributed by atoms with Crippen molar-refractivity contribution in [3.05, 3.63) is 0 Å². The lowest BCUT2D eigenvalue weighted by molar-refractivity contribution is 0.125. The van der Waals surface area contributed by atoms with E-state index in [1.165, 1.54) is 32.1 Å². The zero-order valence-electron chi connectivity index (χ0n) is 8.65. The molecule has 0 aromatic rings. The minimum absolute atomic E-state index is 0.0600. The van der Waals surface area contributed by atoms with Crippen LogP contribution in [0.4, 0.5) is 0 Å². The summed E-state index contributed by atoms with van der Waals surface area (Å²) < 4.78 is 5.58. The monoisotopic (exact) mass is 216 g/mol. The van der Waals surface area contributed by atoms with Gasteiger partial charge in [-0.1, -0.05) is 12.8 Å². The highest BCUT2D eigenvalue weighted by Crippen LogP contribution is 2.30. The SMILES string of the molecule is O[C@H]1CCCC[C@@H]1SCC1CCCO1. The molecule has 2 nitrogen and oxygen atoms in total. The molecule has 0 aromatic heterocycles. The third-order valence-electron chi connectivity index (χ3n) is 3.19. The standard InChI is InChI=1S/C11H20O2S/c12-10-5-1-2-6-11(10)14-8-9-4-3-7-13-9/h9-12H,1-8H2/t9?,10-,11-/m0/s1. The van der Waals surface area contributed by atoms with Crippen molar-refractivity contribution in [3.8, 4) is 0 Å². The third-order valence-corrected chi connectivity index (χ3v) is 4.73. The van der Waals surface area contributed by atoms with Crippen molar-refractivity contribution in [3.63, 3.8) is 0 Å². The number of thioether (sulfide) groups is 1. The van der Waals surface area contributed by atoms with E-state index >= 15 is 0 Å². The largest absolute Gasteiger partial charge is 0.392 e. The van der Waals surface area contributed by atoms with Gasteiger partial charge < -0.3 is 9.84 Å². The maximum Gasteiger partial charge on any atom is 0.0666 e. The van der Waals surface area contributed by atoms with Gasteiger partial charge in [0, 0.05) is 17.6 Å². The molecule has 0 radical (unpaired) electrons. The van der Waals surface area contributed by atoms with Gasteiger partial charge in [0.1, 0.15) is 0 Å². The molecule has 1 unspecified atom stereocenters. The summed E-state index contributed by atoms with van der Waals surface area (Å²) in [4.78, 5) is 0. The summed E-state index contributed by atoms with van der Waals surface area (Å²) in [7, 11) is 0. The van der Waals surface area contributed by atoms with E-state index in [0.717, 1.165) is 18.8 Å². The second kappa shape index (κ2) is 5.38. The fourth-order valence-corrected chi connectivity index (χ4v) is 3.69. The van der Waals surface area contributed by atoms with Crippen LogP contribution in [0.3, 0.4) is 0 Å². The molecular weight excluding hydrogens is 196 g/mol. The fourth-order valence-electron chi connectivity index (χ4n) is 2.28. The van der Waals surface area contributed by atoms with Crippen molar-refractivity contribution in [2.45, 2.75) is 56.0 Å². The van der Waals surface area contributed by atoms with Gasteiger partial charge in [-0.2, -0.15) is 11.8 Å². The molecule has 0 amide bonds. The third kappa shape index (κ3) is 2.88. The molecule has 1 aliphatic heterocycles. The Bertz CT molecular complexity index is 169. The molecule has 2 fully saturated rings. The summed E-state index contributed by atoms with van der Waals surface area (Å²) in [5.74, 6) is 1.09. The van der Waals surface area contributed by atoms with Gasteiger partial charge in [0.2, 0.25) is 0 Å². The van der Waals surface area contributed by atoms with Crippen LogP contribution in [0.25, 0.3) is 0 Å². The Labute approximate surface area is 90.4 Å². The van der Waals surface area contributed by atoms with Gasteiger partial charge in [-0.05, 0) is 25.7 Å². The molecule has 82 valence electrons. The van der Waals surface area contributed by atoms with Crippen LogP contribution >= 0.6 is 11.8 Å². The van der Waals surface area contributed by atoms with Crippen molar-refractivity contribution >= 4 is 11.8 Å². The lowest BCUT2D eigenvalue weighted by Crippen LogP contribution is -2.28. The van der Waals surface area contributed by atoms with Crippen LogP contribution < -0.4 is 0 Å². The molecule has 0 spiro atoms. The van der Waals surface area contributed by atoms with Gasteiger partial charge in [-0.3, -0.25) is 0 Å². The zero-order chi connectivity index (χ0) is 9.80. The van der Waals surface area contributed by atoms with Gasteiger partial charge >= 0.3 is 0 Å². The lowest BCUT2D eigenvalue weighted by Gasteiger charge is -2.27. The Morgan fingerprint density at radius 3 is 2.71 bits per heavy atom. The predicted octanol–water partition coefficient (Wildman–Crippen LogP) is 2.20. The molecular formula is C11H20O2S. The van der Waals surface area contributed by atoms with Crippen molar-refractivity contribution in [1.82, 2.24) is 0 Å². The van der Waals surface area contributed by atoms with Crippen molar-refractivity contribution in [2.75, 3.05) is 12.4 Å². The second-order valence-corrected chi connectivity index (χ2v) is 5.63. The van der Waals surface area contributed by atoms with Gasteiger partial charge in [-0.15, -0.1) is 0 Å². The molecule has 1 heterocycles. The minimum atomic E-state index is -0.0600. The van der Waals surface area contributed by atoms with Crippen LogP contribution in [0.15, 0.2) is 0 Å². The predicted molar refractivity (Wildman–Crippen MR) is 59.7 cm³/mol. The number of ether oxygens (including phenoxy) is 1. The highest BCUT2D eigenvalue weighted by molar-refractivity contribution is 8.00. The molecule has 3 atom stereocenters. The van der Waals surface area contributed by atoms with Crippen LogP contribution in [0, 0.1) is 0 Å². The molecule has 2 aliphatic rings. The number of rotatable bonds is 3. The Morgan fingerprint density at radius 1 is 1.14 bits per heavy atom. The normalized spacial score (nSPS) is 38.8. The topological polar surface area (TPSA) is 29.5 Å². The van der Waals surface area contributed by atoms with E-state index in [1.807, 2.05) is 11.8 Å². The summed E-state index contributed by atoms with van der Waals surface area (Å²) in [5, 5.41) is 10.3. The average Bonchev–Trinajstić information content (AvgIpc) is 2.69. The second-order valence-electron chi connectivity index (χ2n) is 4.36. The molecule has 1 saturated heterocycles. The van der Waals surface area contributed by atoms with Crippen LogP contribution in [-0.4, -0.2) is 34.9 Å². The minimum Gasteiger partial charge on any atom is -0.392 e. The summed E-state index contributed by atoms with van der Waals surface area (Å²) in [6.45, 7) is 0.943. The van der Waals surface area contributed by atoms with Gasteiger partial charge in [0.05, 0.1) is 12.2 Å². The first-order chi connectivity index (χ1) is 6.86. The molecule has 3 heteroatoms. The maximum absolute atomic E-state index is 9.78.